The molecule has 0 unspecified atom stereocenters. The highest BCUT2D eigenvalue weighted by atomic mass is 35.5. The first-order valence-electron chi connectivity index (χ1n) is 12.1. The molecule has 0 spiro atoms. The molecule has 2 amide bonds. The van der Waals surface area contributed by atoms with Gasteiger partial charge in [-0.3, -0.25) is 14.3 Å². The normalized spacial score (nSPS) is 14.7. The van der Waals surface area contributed by atoms with E-state index in [1.165, 1.54) is 41.3 Å². The lowest BCUT2D eigenvalue weighted by atomic mass is 9.83. The summed E-state index contributed by atoms with van der Waals surface area (Å²) in [6, 6.07) is 6.14. The maximum absolute atomic E-state index is 15.1. The van der Waals surface area contributed by atoms with Gasteiger partial charge in [-0.05, 0) is 43.0 Å². The van der Waals surface area contributed by atoms with Gasteiger partial charge in [0.05, 0.1) is 17.1 Å². The van der Waals surface area contributed by atoms with Crippen LogP contribution in [0.2, 0.25) is 5.02 Å². The number of anilines is 1. The number of hydrogen-bond donors (Lipinski definition) is 2. The Bertz CT molecular complexity index is 1320. The summed E-state index contributed by atoms with van der Waals surface area (Å²) >= 11 is 6.23. The summed E-state index contributed by atoms with van der Waals surface area (Å²) in [5, 5.41) is 21.7. The van der Waals surface area contributed by atoms with Gasteiger partial charge in [0.25, 0.3) is 5.91 Å². The second kappa shape index (κ2) is 11.5. The molecule has 1 aliphatic rings. The number of rotatable bonds is 8. The summed E-state index contributed by atoms with van der Waals surface area (Å²) in [5.74, 6) is -1.75. The molecular formula is C26H27ClFN5O4. The van der Waals surface area contributed by atoms with Crippen LogP contribution in [0.15, 0.2) is 42.7 Å². The molecule has 1 aliphatic carbocycles. The third kappa shape index (κ3) is 5.80. The lowest BCUT2D eigenvalue weighted by Gasteiger charge is -2.30. The molecule has 2 aromatic heterocycles. The van der Waals surface area contributed by atoms with E-state index < -0.39 is 23.7 Å². The molecule has 1 fully saturated rings. The van der Waals surface area contributed by atoms with Crippen molar-refractivity contribution >= 4 is 35.4 Å². The molecule has 3 aromatic rings. The first-order valence-corrected chi connectivity index (χ1v) is 12.4. The summed E-state index contributed by atoms with van der Waals surface area (Å²) in [5.41, 5.74) is 1.02. The third-order valence-corrected chi connectivity index (χ3v) is 7.00. The number of aldehydes is 1. The Morgan fingerprint density at radius 2 is 2.03 bits per heavy atom. The van der Waals surface area contributed by atoms with Crippen molar-refractivity contribution in [1.82, 2.24) is 15.1 Å². The number of nitrogens with one attached hydrogen (secondary N) is 2. The SMILES string of the molecule is Cc1c(-c2ccc(NC(=O)[C@@H](NC(=O)c3ccnn3CC=O)C3CCCCC3)cc2F)c(Cl)cc[n+]1[O-]. The van der Waals surface area contributed by atoms with E-state index in [-0.39, 0.29) is 45.7 Å². The summed E-state index contributed by atoms with van der Waals surface area (Å²) in [6.45, 7) is 1.46. The van der Waals surface area contributed by atoms with Crippen molar-refractivity contribution in [2.45, 2.75) is 51.6 Å². The fourth-order valence-electron chi connectivity index (χ4n) is 4.77. The summed E-state index contributed by atoms with van der Waals surface area (Å²) in [7, 11) is 0. The molecule has 37 heavy (non-hydrogen) atoms. The van der Waals surface area contributed by atoms with Crippen LogP contribution in [0.3, 0.4) is 0 Å². The molecule has 0 aliphatic heterocycles. The van der Waals surface area contributed by atoms with Crippen LogP contribution in [0, 0.1) is 23.9 Å². The highest BCUT2D eigenvalue weighted by Crippen LogP contribution is 2.33. The molecule has 0 bridgehead atoms. The molecule has 9 nitrogen and oxygen atoms in total. The standard InChI is InChI=1S/C26H27ClFN5O4/c1-16-23(20(27)10-12-33(16)37)19-8-7-18(15-21(19)28)30-26(36)24(17-5-3-2-4-6-17)31-25(35)22-9-11-29-32(22)13-14-34/h7-12,14-15,17,24H,2-6,13H2,1H3,(H,30,36)(H,31,35)/t24-/m0/s1. The first kappa shape index (κ1) is 26.3. The van der Waals surface area contributed by atoms with Gasteiger partial charge in [-0.15, -0.1) is 0 Å². The van der Waals surface area contributed by atoms with Gasteiger partial charge in [0.2, 0.25) is 5.91 Å². The van der Waals surface area contributed by atoms with E-state index in [4.69, 9.17) is 11.6 Å². The molecule has 11 heteroatoms. The Labute approximate surface area is 218 Å². The minimum atomic E-state index is -0.861. The molecule has 0 saturated heterocycles. The average Bonchev–Trinajstić information content (AvgIpc) is 3.35. The number of carbonyl (C=O) groups is 3. The zero-order valence-electron chi connectivity index (χ0n) is 20.2. The van der Waals surface area contributed by atoms with Crippen molar-refractivity contribution in [2.75, 3.05) is 5.32 Å². The average molecular weight is 528 g/mol. The lowest BCUT2D eigenvalue weighted by molar-refractivity contribution is -0.611. The molecule has 0 radical (unpaired) electrons. The van der Waals surface area contributed by atoms with Crippen molar-refractivity contribution < 1.29 is 23.5 Å². The number of carbonyl (C=O) groups excluding carboxylic acids is 3. The Balaban J connectivity index is 1.56. The maximum Gasteiger partial charge on any atom is 0.270 e. The van der Waals surface area contributed by atoms with E-state index in [1.54, 1.807) is 6.92 Å². The summed E-state index contributed by atoms with van der Waals surface area (Å²) in [6.07, 6.45) is 7.75. The number of halogens is 2. The van der Waals surface area contributed by atoms with Gasteiger partial charge in [-0.2, -0.15) is 9.83 Å². The van der Waals surface area contributed by atoms with Gasteiger partial charge in [-0.1, -0.05) is 30.9 Å². The molecular weight excluding hydrogens is 501 g/mol. The topological polar surface area (TPSA) is 120 Å². The number of aromatic nitrogens is 3. The van der Waals surface area contributed by atoms with Gasteiger partial charge in [0.15, 0.2) is 11.9 Å². The first-order chi connectivity index (χ1) is 17.8. The van der Waals surface area contributed by atoms with E-state index >= 15 is 4.39 Å². The zero-order valence-corrected chi connectivity index (χ0v) is 21.0. The molecule has 4 rings (SSSR count). The number of hydrogen-bond acceptors (Lipinski definition) is 5. The molecule has 1 saturated carbocycles. The van der Waals surface area contributed by atoms with Crippen molar-refractivity contribution in [3.8, 4) is 11.1 Å². The smallest absolute Gasteiger partial charge is 0.270 e. The quantitative estimate of drug-likeness (QED) is 0.262. The predicted octanol–water partition coefficient (Wildman–Crippen LogP) is 3.80. The second-order valence-electron chi connectivity index (χ2n) is 9.05. The fraction of sp³-hybridized carbons (Fsp3) is 0.346. The van der Waals surface area contributed by atoms with E-state index in [1.807, 2.05) is 0 Å². The van der Waals surface area contributed by atoms with Crippen LogP contribution in [-0.2, 0) is 16.1 Å². The Morgan fingerprint density at radius 1 is 1.27 bits per heavy atom. The fourth-order valence-corrected chi connectivity index (χ4v) is 5.07. The predicted molar refractivity (Wildman–Crippen MR) is 135 cm³/mol. The highest BCUT2D eigenvalue weighted by Gasteiger charge is 2.32. The molecule has 194 valence electrons. The lowest BCUT2D eigenvalue weighted by Crippen LogP contribution is -2.49. The van der Waals surface area contributed by atoms with Crippen molar-refractivity contribution in [2.24, 2.45) is 5.92 Å². The molecule has 2 heterocycles. The maximum atomic E-state index is 15.1. The van der Waals surface area contributed by atoms with Gasteiger partial charge in [0.1, 0.15) is 23.8 Å². The van der Waals surface area contributed by atoms with E-state index in [2.05, 4.69) is 15.7 Å². The minimum Gasteiger partial charge on any atom is -0.618 e. The van der Waals surface area contributed by atoms with Gasteiger partial charge in [0, 0.05) is 30.4 Å². The summed E-state index contributed by atoms with van der Waals surface area (Å²) in [4.78, 5) is 37.3. The third-order valence-electron chi connectivity index (χ3n) is 6.68. The van der Waals surface area contributed by atoms with Gasteiger partial charge >= 0.3 is 0 Å². The zero-order chi connectivity index (χ0) is 26.5. The van der Waals surface area contributed by atoms with Crippen LogP contribution < -0.4 is 15.4 Å². The Morgan fingerprint density at radius 3 is 2.73 bits per heavy atom. The van der Waals surface area contributed by atoms with Crippen LogP contribution in [0.25, 0.3) is 11.1 Å². The van der Waals surface area contributed by atoms with E-state index in [0.717, 1.165) is 38.2 Å². The van der Waals surface area contributed by atoms with Crippen LogP contribution in [0.4, 0.5) is 10.1 Å². The van der Waals surface area contributed by atoms with Gasteiger partial charge < -0.3 is 20.6 Å². The largest absolute Gasteiger partial charge is 0.618 e. The van der Waals surface area contributed by atoms with Crippen LogP contribution in [-0.4, -0.2) is 33.9 Å². The Kier molecular flexibility index (Phi) is 8.17. The minimum absolute atomic E-state index is 0.0844. The van der Waals surface area contributed by atoms with Crippen LogP contribution >= 0.6 is 11.6 Å². The van der Waals surface area contributed by atoms with Crippen molar-refractivity contribution in [1.29, 1.82) is 0 Å². The number of nitrogens with zero attached hydrogens (tertiary/aromatic N) is 3. The van der Waals surface area contributed by atoms with Crippen LogP contribution in [0.1, 0.15) is 48.3 Å². The molecule has 1 aromatic carbocycles. The monoisotopic (exact) mass is 527 g/mol. The van der Waals surface area contributed by atoms with Crippen LogP contribution in [0.5, 0.6) is 0 Å². The second-order valence-corrected chi connectivity index (χ2v) is 9.46. The van der Waals surface area contributed by atoms with E-state index in [0.29, 0.717) is 11.0 Å². The molecule has 1 atom stereocenters. The Hall–Kier alpha value is -3.79. The number of benzene rings is 1. The molecule has 2 N–H and O–H groups in total. The van der Waals surface area contributed by atoms with E-state index in [9.17, 15) is 19.6 Å². The number of amides is 2. The van der Waals surface area contributed by atoms with Crippen molar-refractivity contribution in [3.05, 3.63) is 70.2 Å². The van der Waals surface area contributed by atoms with Crippen molar-refractivity contribution in [3.63, 3.8) is 0 Å². The van der Waals surface area contributed by atoms with Gasteiger partial charge in [-0.25, -0.2) is 4.39 Å². The highest BCUT2D eigenvalue weighted by molar-refractivity contribution is 6.33. The summed E-state index contributed by atoms with van der Waals surface area (Å²) < 4.78 is 17.0. The number of pyridine rings is 1.